The lowest BCUT2D eigenvalue weighted by molar-refractivity contribution is -0.139. The van der Waals surface area contributed by atoms with Crippen LogP contribution in [0.1, 0.15) is 31.7 Å². The quantitative estimate of drug-likeness (QED) is 0.721. The molecule has 7 nitrogen and oxygen atoms in total. The zero-order valence-corrected chi connectivity index (χ0v) is 11.3. The highest BCUT2D eigenvalue weighted by Gasteiger charge is 2.20. The fourth-order valence-electron chi connectivity index (χ4n) is 1.57. The summed E-state index contributed by atoms with van der Waals surface area (Å²) < 4.78 is 4.85. The third kappa shape index (κ3) is 5.41. The van der Waals surface area contributed by atoms with E-state index in [1.165, 1.54) is 0 Å². The topological polar surface area (TPSA) is 104 Å². The highest BCUT2D eigenvalue weighted by molar-refractivity contribution is 5.82. The Morgan fingerprint density at radius 2 is 2.16 bits per heavy atom. The van der Waals surface area contributed by atoms with Gasteiger partial charge < -0.3 is 20.3 Å². The molecule has 0 aliphatic heterocycles. The minimum Gasteiger partial charge on any atom is -0.480 e. The van der Waals surface area contributed by atoms with Crippen molar-refractivity contribution in [3.8, 4) is 0 Å². The molecule has 7 heteroatoms. The number of carboxylic acids is 1. The Labute approximate surface area is 111 Å². The molecular weight excluding hydrogens is 250 g/mol. The van der Waals surface area contributed by atoms with Crippen LogP contribution in [0.15, 0.2) is 10.6 Å². The average Bonchev–Trinajstić information content (AvgIpc) is 2.71. The molecule has 1 aromatic rings. The van der Waals surface area contributed by atoms with E-state index in [0.717, 1.165) is 0 Å². The van der Waals surface area contributed by atoms with Crippen LogP contribution in [0.3, 0.4) is 0 Å². The first-order valence-corrected chi connectivity index (χ1v) is 6.08. The summed E-state index contributed by atoms with van der Waals surface area (Å²) in [5, 5.41) is 17.7. The molecule has 1 heterocycles. The Kier molecular flexibility index (Phi) is 5.35. The molecule has 0 aliphatic carbocycles. The monoisotopic (exact) mass is 269 g/mol. The van der Waals surface area contributed by atoms with Crippen LogP contribution in [0.25, 0.3) is 0 Å². The van der Waals surface area contributed by atoms with Crippen molar-refractivity contribution in [3.63, 3.8) is 0 Å². The predicted molar refractivity (Wildman–Crippen MR) is 67.5 cm³/mol. The molecule has 0 saturated heterocycles. The lowest BCUT2D eigenvalue weighted by Gasteiger charge is -2.16. The van der Waals surface area contributed by atoms with E-state index < -0.39 is 18.0 Å². The van der Waals surface area contributed by atoms with Gasteiger partial charge in [0.2, 0.25) is 0 Å². The summed E-state index contributed by atoms with van der Waals surface area (Å²) in [6, 6.07) is 0.274. The van der Waals surface area contributed by atoms with Gasteiger partial charge in [-0.1, -0.05) is 19.0 Å². The highest BCUT2D eigenvalue weighted by Crippen LogP contribution is 2.05. The van der Waals surface area contributed by atoms with E-state index >= 15 is 0 Å². The summed E-state index contributed by atoms with van der Waals surface area (Å²) in [6.45, 7) is 5.73. The van der Waals surface area contributed by atoms with Gasteiger partial charge in [0.25, 0.3) is 0 Å². The number of urea groups is 1. The van der Waals surface area contributed by atoms with E-state index in [0.29, 0.717) is 17.9 Å². The molecule has 0 bridgehead atoms. The Morgan fingerprint density at radius 3 is 2.63 bits per heavy atom. The minimum atomic E-state index is -1.04. The van der Waals surface area contributed by atoms with Gasteiger partial charge in [-0.2, -0.15) is 0 Å². The number of carboxylic acid groups (broad SMARTS) is 1. The number of nitrogens with one attached hydrogen (secondary N) is 2. The van der Waals surface area contributed by atoms with Gasteiger partial charge in [0, 0.05) is 6.07 Å². The number of carbonyl (C=O) groups excluding carboxylic acids is 1. The average molecular weight is 269 g/mol. The van der Waals surface area contributed by atoms with Gasteiger partial charge >= 0.3 is 12.0 Å². The van der Waals surface area contributed by atoms with Crippen molar-refractivity contribution >= 4 is 12.0 Å². The van der Waals surface area contributed by atoms with Gasteiger partial charge in [0.15, 0.2) is 0 Å². The molecule has 0 saturated carbocycles. The number of rotatable bonds is 6. The largest absolute Gasteiger partial charge is 0.480 e. The van der Waals surface area contributed by atoms with E-state index in [9.17, 15) is 9.59 Å². The highest BCUT2D eigenvalue weighted by atomic mass is 16.5. The lowest BCUT2D eigenvalue weighted by Crippen LogP contribution is -2.46. The second-order valence-electron chi connectivity index (χ2n) is 4.78. The lowest BCUT2D eigenvalue weighted by atomic mass is 10.0. The first kappa shape index (κ1) is 15.0. The van der Waals surface area contributed by atoms with Gasteiger partial charge in [0.05, 0.1) is 6.54 Å². The number of aryl methyl sites for hydroxylation is 1. The summed E-state index contributed by atoms with van der Waals surface area (Å²) in [6.07, 6.45) is 0.381. The van der Waals surface area contributed by atoms with Crippen LogP contribution >= 0.6 is 0 Å². The van der Waals surface area contributed by atoms with Crippen LogP contribution < -0.4 is 10.6 Å². The summed E-state index contributed by atoms with van der Waals surface area (Å²) in [4.78, 5) is 22.6. The van der Waals surface area contributed by atoms with E-state index in [2.05, 4.69) is 15.8 Å². The molecule has 1 atom stereocenters. The number of amides is 2. The second-order valence-corrected chi connectivity index (χ2v) is 4.78. The molecule has 19 heavy (non-hydrogen) atoms. The molecule has 0 spiro atoms. The Bertz CT molecular complexity index is 442. The summed E-state index contributed by atoms with van der Waals surface area (Å²) in [5.74, 6) is -0.207. The molecular formula is C12H19N3O4. The van der Waals surface area contributed by atoms with E-state index in [1.807, 2.05) is 13.8 Å². The maximum atomic E-state index is 11.6. The maximum Gasteiger partial charge on any atom is 0.326 e. The number of carbonyl (C=O) groups is 2. The summed E-state index contributed by atoms with van der Waals surface area (Å²) in [7, 11) is 0. The molecule has 0 aliphatic rings. The first-order valence-electron chi connectivity index (χ1n) is 6.08. The van der Waals surface area contributed by atoms with Crippen LogP contribution in [0, 0.1) is 12.8 Å². The number of hydrogen-bond acceptors (Lipinski definition) is 4. The van der Waals surface area contributed by atoms with Crippen molar-refractivity contribution in [1.82, 2.24) is 15.8 Å². The van der Waals surface area contributed by atoms with Crippen molar-refractivity contribution in [1.29, 1.82) is 0 Å². The predicted octanol–water partition coefficient (Wildman–Crippen LogP) is 1.28. The van der Waals surface area contributed by atoms with Crippen molar-refractivity contribution in [2.75, 3.05) is 0 Å². The molecule has 0 radical (unpaired) electrons. The molecule has 1 rings (SSSR count). The van der Waals surface area contributed by atoms with Gasteiger partial charge in [-0.3, -0.25) is 0 Å². The Morgan fingerprint density at radius 1 is 1.47 bits per heavy atom. The summed E-state index contributed by atoms with van der Waals surface area (Å²) in [5.41, 5.74) is 0.586. The van der Waals surface area contributed by atoms with Crippen LogP contribution in [-0.4, -0.2) is 28.3 Å². The van der Waals surface area contributed by atoms with Crippen molar-refractivity contribution in [2.45, 2.75) is 39.8 Å². The first-order chi connectivity index (χ1) is 8.88. The number of aliphatic carboxylic acids is 1. The number of aromatic nitrogens is 1. The van der Waals surface area contributed by atoms with Crippen molar-refractivity contribution in [2.24, 2.45) is 5.92 Å². The minimum absolute atomic E-state index is 0.180. The standard InChI is InChI=1S/C12H19N3O4/c1-7(2)4-10(11(16)17)14-12(18)13-6-9-5-8(3)19-15-9/h5,7,10H,4,6H2,1-3H3,(H,16,17)(H2,13,14,18). The molecule has 106 valence electrons. The molecule has 1 aromatic heterocycles. The fourth-order valence-corrected chi connectivity index (χ4v) is 1.57. The zero-order valence-electron chi connectivity index (χ0n) is 11.3. The van der Waals surface area contributed by atoms with E-state index in [-0.39, 0.29) is 12.5 Å². The third-order valence-electron chi connectivity index (χ3n) is 2.42. The Balaban J connectivity index is 2.42. The Hall–Kier alpha value is -2.05. The SMILES string of the molecule is Cc1cc(CNC(=O)NC(CC(C)C)C(=O)O)no1. The smallest absolute Gasteiger partial charge is 0.326 e. The van der Waals surface area contributed by atoms with Crippen LogP contribution in [0.4, 0.5) is 4.79 Å². The van der Waals surface area contributed by atoms with Crippen LogP contribution in [0.2, 0.25) is 0 Å². The van der Waals surface area contributed by atoms with Crippen LogP contribution in [0.5, 0.6) is 0 Å². The maximum absolute atomic E-state index is 11.6. The number of nitrogens with zero attached hydrogens (tertiary/aromatic N) is 1. The number of hydrogen-bond donors (Lipinski definition) is 3. The summed E-state index contributed by atoms with van der Waals surface area (Å²) >= 11 is 0. The molecule has 2 amide bonds. The third-order valence-corrected chi connectivity index (χ3v) is 2.42. The van der Waals surface area contributed by atoms with Gasteiger partial charge in [-0.05, 0) is 19.3 Å². The molecule has 3 N–H and O–H groups in total. The second kappa shape index (κ2) is 6.77. The van der Waals surface area contributed by atoms with Gasteiger partial charge in [-0.15, -0.1) is 0 Å². The molecule has 0 aromatic carbocycles. The van der Waals surface area contributed by atoms with Crippen molar-refractivity contribution < 1.29 is 19.2 Å². The van der Waals surface area contributed by atoms with E-state index in [1.54, 1.807) is 13.0 Å². The van der Waals surface area contributed by atoms with Crippen LogP contribution in [-0.2, 0) is 11.3 Å². The van der Waals surface area contributed by atoms with Gasteiger partial charge in [-0.25, -0.2) is 9.59 Å². The van der Waals surface area contributed by atoms with Crippen molar-refractivity contribution in [3.05, 3.63) is 17.5 Å². The molecule has 1 unspecified atom stereocenters. The zero-order chi connectivity index (χ0) is 14.4. The van der Waals surface area contributed by atoms with Gasteiger partial charge in [0.1, 0.15) is 17.5 Å². The fraction of sp³-hybridized carbons (Fsp3) is 0.583. The van der Waals surface area contributed by atoms with E-state index in [4.69, 9.17) is 9.63 Å². The molecule has 0 fully saturated rings. The normalized spacial score (nSPS) is 12.2.